The van der Waals surface area contributed by atoms with Crippen molar-refractivity contribution >= 4 is 40.8 Å². The van der Waals surface area contributed by atoms with E-state index in [1.165, 1.54) is 0 Å². The Bertz CT molecular complexity index is 585. The number of nitrogens with zero attached hydrogens (tertiary/aromatic N) is 3. The van der Waals surface area contributed by atoms with Crippen LogP contribution in [0.15, 0.2) is 6.07 Å². The van der Waals surface area contributed by atoms with Crippen molar-refractivity contribution in [3.05, 3.63) is 16.2 Å². The summed E-state index contributed by atoms with van der Waals surface area (Å²) in [4.78, 5) is 7.68. The number of hydrogen-bond acceptors (Lipinski definition) is 6. The highest BCUT2D eigenvalue weighted by molar-refractivity contribution is 6.42. The van der Waals surface area contributed by atoms with Gasteiger partial charge in [0.05, 0.1) is 6.10 Å². The van der Waals surface area contributed by atoms with Gasteiger partial charge in [-0.05, 0) is 13.8 Å². The molecule has 0 saturated heterocycles. The van der Waals surface area contributed by atoms with E-state index in [2.05, 4.69) is 25.5 Å². The maximum absolute atomic E-state index is 5.97. The quantitative estimate of drug-likeness (QED) is 0.750. The normalized spacial score (nSPS) is 10.8. The average molecular weight is 303 g/mol. The monoisotopic (exact) mass is 302 g/mol. The molecule has 0 amide bonds. The van der Waals surface area contributed by atoms with E-state index in [9.17, 15) is 0 Å². The molecule has 0 aliphatic heterocycles. The van der Waals surface area contributed by atoms with Crippen molar-refractivity contribution in [2.24, 2.45) is 0 Å². The van der Waals surface area contributed by atoms with Gasteiger partial charge in [0.2, 0.25) is 11.8 Å². The molecule has 2 heterocycles. The lowest BCUT2D eigenvalue weighted by Gasteiger charge is -2.06. The number of ether oxygens (including phenoxy) is 1. The summed E-state index contributed by atoms with van der Waals surface area (Å²) in [5.74, 6) is 1.32. The number of nitrogens with one attached hydrogen (secondary N) is 2. The molecule has 2 aromatic heterocycles. The molecule has 2 rings (SSSR count). The van der Waals surface area contributed by atoms with Gasteiger partial charge in [0, 0.05) is 6.07 Å². The van der Waals surface area contributed by atoms with E-state index < -0.39 is 0 Å². The van der Waals surface area contributed by atoms with E-state index in [0.717, 1.165) is 0 Å². The zero-order chi connectivity index (χ0) is 14.0. The Kier molecular flexibility index (Phi) is 3.96. The van der Waals surface area contributed by atoms with E-state index in [4.69, 9.17) is 33.7 Å². The highest BCUT2D eigenvalue weighted by Crippen LogP contribution is 2.29. The van der Waals surface area contributed by atoms with Crippen LogP contribution in [-0.4, -0.2) is 26.3 Å². The Morgan fingerprint density at radius 1 is 1.37 bits per heavy atom. The zero-order valence-electron chi connectivity index (χ0n) is 10.2. The molecule has 19 heavy (non-hydrogen) atoms. The summed E-state index contributed by atoms with van der Waals surface area (Å²) in [6.45, 7) is 3.81. The number of aromatic amines is 1. The van der Waals surface area contributed by atoms with Gasteiger partial charge in [0.1, 0.15) is 10.8 Å². The highest BCUT2D eigenvalue weighted by atomic mass is 35.5. The number of anilines is 3. The molecule has 2 aromatic rings. The second-order valence-corrected chi connectivity index (χ2v) is 4.68. The minimum absolute atomic E-state index is 0.0232. The van der Waals surface area contributed by atoms with Gasteiger partial charge in [-0.1, -0.05) is 23.2 Å². The summed E-state index contributed by atoms with van der Waals surface area (Å²) in [7, 11) is 0. The Morgan fingerprint density at radius 3 is 2.79 bits per heavy atom. The van der Waals surface area contributed by atoms with Crippen LogP contribution in [0.2, 0.25) is 10.2 Å². The third-order valence-electron chi connectivity index (χ3n) is 1.99. The first-order valence-corrected chi connectivity index (χ1v) is 6.19. The molecule has 0 radical (unpaired) electrons. The molecule has 0 saturated carbocycles. The first-order chi connectivity index (χ1) is 8.95. The molecule has 4 N–H and O–H groups in total. The van der Waals surface area contributed by atoms with Crippen molar-refractivity contribution in [3.8, 4) is 5.88 Å². The number of rotatable bonds is 4. The minimum Gasteiger partial charge on any atom is -0.474 e. The zero-order valence-corrected chi connectivity index (χ0v) is 11.7. The molecule has 9 heteroatoms. The van der Waals surface area contributed by atoms with Gasteiger partial charge in [0.15, 0.2) is 11.0 Å². The van der Waals surface area contributed by atoms with Gasteiger partial charge in [-0.3, -0.25) is 5.10 Å². The van der Waals surface area contributed by atoms with Crippen LogP contribution in [0.1, 0.15) is 13.8 Å². The Labute approximate surface area is 119 Å². The molecule has 0 atom stereocenters. The van der Waals surface area contributed by atoms with Crippen molar-refractivity contribution in [1.82, 2.24) is 20.2 Å². The summed E-state index contributed by atoms with van der Waals surface area (Å²) < 4.78 is 5.41. The van der Waals surface area contributed by atoms with E-state index in [0.29, 0.717) is 17.5 Å². The molecule has 0 spiro atoms. The lowest BCUT2D eigenvalue weighted by molar-refractivity contribution is 0.232. The van der Waals surface area contributed by atoms with Crippen LogP contribution in [0.4, 0.5) is 17.6 Å². The average Bonchev–Trinajstić information content (AvgIpc) is 2.71. The van der Waals surface area contributed by atoms with Gasteiger partial charge < -0.3 is 15.8 Å². The van der Waals surface area contributed by atoms with Crippen LogP contribution in [0.5, 0.6) is 5.88 Å². The number of halogens is 2. The Hall–Kier alpha value is -1.73. The van der Waals surface area contributed by atoms with Crippen molar-refractivity contribution in [2.75, 3.05) is 11.1 Å². The summed E-state index contributed by atoms with van der Waals surface area (Å²) in [6, 6.07) is 1.67. The fourth-order valence-corrected chi connectivity index (χ4v) is 1.62. The summed E-state index contributed by atoms with van der Waals surface area (Å²) in [6.07, 6.45) is 0.0314. The molecule has 0 unspecified atom stereocenters. The van der Waals surface area contributed by atoms with Crippen molar-refractivity contribution in [3.63, 3.8) is 0 Å². The smallest absolute Gasteiger partial charge is 0.234 e. The first-order valence-electron chi connectivity index (χ1n) is 5.43. The van der Waals surface area contributed by atoms with E-state index >= 15 is 0 Å². The number of nitrogens with two attached hydrogens (primary N) is 1. The lowest BCUT2D eigenvalue weighted by atomic mass is 10.5. The second kappa shape index (κ2) is 5.50. The van der Waals surface area contributed by atoms with Gasteiger partial charge in [-0.15, -0.1) is 5.10 Å². The third kappa shape index (κ3) is 3.39. The molecule has 7 nitrogen and oxygen atoms in total. The number of hydrogen-bond donors (Lipinski definition) is 3. The predicted octanol–water partition coefficient (Wildman–Crippen LogP) is 2.62. The summed E-state index contributed by atoms with van der Waals surface area (Å²) >= 11 is 11.8. The van der Waals surface area contributed by atoms with Crippen LogP contribution in [0.25, 0.3) is 0 Å². The number of nitrogen functional groups attached to an aromatic ring is 1. The SMILES string of the molecule is CC(C)Oc1cc(Nc2nc(N)nc(Cl)c2Cl)[nH]n1. The van der Waals surface area contributed by atoms with E-state index in [-0.39, 0.29) is 22.2 Å². The topological polar surface area (TPSA) is 102 Å². The Balaban J connectivity index is 2.19. The molecule has 0 aliphatic carbocycles. The largest absolute Gasteiger partial charge is 0.474 e. The van der Waals surface area contributed by atoms with Gasteiger partial charge >= 0.3 is 0 Å². The van der Waals surface area contributed by atoms with Crippen molar-refractivity contribution in [2.45, 2.75) is 20.0 Å². The number of aromatic nitrogens is 4. The maximum Gasteiger partial charge on any atom is 0.234 e. The molecule has 0 bridgehead atoms. The van der Waals surface area contributed by atoms with Crippen LogP contribution in [0.3, 0.4) is 0 Å². The fraction of sp³-hybridized carbons (Fsp3) is 0.300. The van der Waals surface area contributed by atoms with E-state index in [1.807, 2.05) is 13.8 Å². The standard InChI is InChI=1S/C10H12Cl2N6O/c1-4(2)19-6-3-5(17-18-6)14-9-7(11)8(12)15-10(13)16-9/h3-4H,1-2H3,(H4,13,14,15,16,17,18). The first kappa shape index (κ1) is 13.7. The summed E-state index contributed by atoms with van der Waals surface area (Å²) in [5, 5.41) is 9.86. The second-order valence-electron chi connectivity index (χ2n) is 3.95. The van der Waals surface area contributed by atoms with Gasteiger partial charge in [-0.25, -0.2) is 0 Å². The van der Waals surface area contributed by atoms with Crippen LogP contribution >= 0.6 is 23.2 Å². The van der Waals surface area contributed by atoms with Crippen molar-refractivity contribution in [1.29, 1.82) is 0 Å². The predicted molar refractivity (Wildman–Crippen MR) is 74.1 cm³/mol. The van der Waals surface area contributed by atoms with Crippen LogP contribution in [0, 0.1) is 0 Å². The Morgan fingerprint density at radius 2 is 2.11 bits per heavy atom. The minimum atomic E-state index is 0.0232. The molecule has 0 fully saturated rings. The summed E-state index contributed by atoms with van der Waals surface area (Å²) in [5.41, 5.74) is 5.50. The fourth-order valence-electron chi connectivity index (χ4n) is 1.32. The molecule has 0 aromatic carbocycles. The maximum atomic E-state index is 5.97. The molecule has 0 aliphatic rings. The third-order valence-corrected chi connectivity index (χ3v) is 2.72. The molecule has 102 valence electrons. The lowest BCUT2D eigenvalue weighted by Crippen LogP contribution is -2.05. The molecular formula is C10H12Cl2N6O. The van der Waals surface area contributed by atoms with Crippen LogP contribution in [-0.2, 0) is 0 Å². The van der Waals surface area contributed by atoms with Gasteiger partial charge in [-0.2, -0.15) is 9.97 Å². The van der Waals surface area contributed by atoms with Crippen LogP contribution < -0.4 is 15.8 Å². The highest BCUT2D eigenvalue weighted by Gasteiger charge is 2.12. The van der Waals surface area contributed by atoms with E-state index in [1.54, 1.807) is 6.07 Å². The van der Waals surface area contributed by atoms with Crippen molar-refractivity contribution < 1.29 is 4.74 Å². The van der Waals surface area contributed by atoms with Gasteiger partial charge in [0.25, 0.3) is 0 Å². The molecular weight excluding hydrogens is 291 g/mol. The number of H-pyrrole nitrogens is 1.